The predicted molar refractivity (Wildman–Crippen MR) is 83.5 cm³/mol. The zero-order valence-corrected chi connectivity index (χ0v) is 13.3. The number of furan rings is 1. The Labute approximate surface area is 130 Å². The molecule has 1 fully saturated rings. The molecular formula is C17H23N3O2. The van der Waals surface area contributed by atoms with Crippen molar-refractivity contribution in [1.29, 1.82) is 0 Å². The fourth-order valence-electron chi connectivity index (χ4n) is 3.24. The van der Waals surface area contributed by atoms with E-state index in [2.05, 4.69) is 18.1 Å². The van der Waals surface area contributed by atoms with Crippen LogP contribution >= 0.6 is 0 Å². The van der Waals surface area contributed by atoms with E-state index in [1.807, 2.05) is 28.6 Å². The predicted octanol–water partition coefficient (Wildman–Crippen LogP) is 2.72. The summed E-state index contributed by atoms with van der Waals surface area (Å²) < 4.78 is 7.33. The van der Waals surface area contributed by atoms with Gasteiger partial charge in [0.05, 0.1) is 24.5 Å². The zero-order chi connectivity index (χ0) is 15.5. The molecule has 22 heavy (non-hydrogen) atoms. The molecule has 1 atom stereocenters. The molecule has 1 unspecified atom stereocenters. The van der Waals surface area contributed by atoms with Crippen molar-refractivity contribution >= 4 is 5.91 Å². The molecule has 0 saturated carbocycles. The van der Waals surface area contributed by atoms with E-state index in [-0.39, 0.29) is 11.9 Å². The molecule has 0 spiro atoms. The Balaban J connectivity index is 1.60. The van der Waals surface area contributed by atoms with E-state index in [0.29, 0.717) is 12.8 Å². The first-order valence-corrected chi connectivity index (χ1v) is 7.96. The molecule has 5 nitrogen and oxygen atoms in total. The van der Waals surface area contributed by atoms with Gasteiger partial charge in [0.1, 0.15) is 5.76 Å². The Hall–Kier alpha value is -2.04. The van der Waals surface area contributed by atoms with Crippen LogP contribution in [0.2, 0.25) is 0 Å². The SMILES string of the molecule is Cc1cc(C)n(CC2CCCN2C(=O)CCc2ccco2)n1. The van der Waals surface area contributed by atoms with E-state index < -0.39 is 0 Å². The van der Waals surface area contributed by atoms with Gasteiger partial charge in [-0.3, -0.25) is 9.48 Å². The molecule has 5 heteroatoms. The maximum absolute atomic E-state index is 12.5. The first kappa shape index (κ1) is 14.9. The third-order valence-corrected chi connectivity index (χ3v) is 4.35. The van der Waals surface area contributed by atoms with Gasteiger partial charge < -0.3 is 9.32 Å². The summed E-state index contributed by atoms with van der Waals surface area (Å²) in [4.78, 5) is 14.5. The number of likely N-dealkylation sites (tertiary alicyclic amines) is 1. The van der Waals surface area contributed by atoms with Crippen LogP contribution in [0, 0.1) is 13.8 Å². The Kier molecular flexibility index (Phi) is 4.32. The van der Waals surface area contributed by atoms with Gasteiger partial charge in [0, 0.05) is 25.1 Å². The van der Waals surface area contributed by atoms with Crippen LogP contribution in [0.3, 0.4) is 0 Å². The van der Waals surface area contributed by atoms with Crippen molar-refractivity contribution in [1.82, 2.24) is 14.7 Å². The van der Waals surface area contributed by atoms with Crippen molar-refractivity contribution < 1.29 is 9.21 Å². The van der Waals surface area contributed by atoms with Crippen molar-refractivity contribution in [2.24, 2.45) is 0 Å². The van der Waals surface area contributed by atoms with Crippen LogP contribution in [0.15, 0.2) is 28.9 Å². The molecule has 3 rings (SSSR count). The van der Waals surface area contributed by atoms with Gasteiger partial charge in [-0.1, -0.05) is 0 Å². The minimum Gasteiger partial charge on any atom is -0.469 e. The van der Waals surface area contributed by atoms with Gasteiger partial charge in [0.15, 0.2) is 0 Å². The van der Waals surface area contributed by atoms with Crippen molar-refractivity contribution in [2.45, 2.75) is 52.1 Å². The van der Waals surface area contributed by atoms with Gasteiger partial charge in [-0.2, -0.15) is 5.10 Å². The van der Waals surface area contributed by atoms with Crippen molar-refractivity contribution in [3.63, 3.8) is 0 Å². The van der Waals surface area contributed by atoms with E-state index in [1.165, 1.54) is 0 Å². The van der Waals surface area contributed by atoms with Gasteiger partial charge in [0.25, 0.3) is 0 Å². The molecule has 0 bridgehead atoms. The van der Waals surface area contributed by atoms with Crippen LogP contribution in [0.25, 0.3) is 0 Å². The number of hydrogen-bond acceptors (Lipinski definition) is 3. The number of carbonyl (C=O) groups is 1. The van der Waals surface area contributed by atoms with E-state index in [9.17, 15) is 4.79 Å². The summed E-state index contributed by atoms with van der Waals surface area (Å²) in [6.45, 7) is 5.73. The number of nitrogens with zero attached hydrogens (tertiary/aromatic N) is 3. The number of hydrogen-bond donors (Lipinski definition) is 0. The van der Waals surface area contributed by atoms with Gasteiger partial charge in [-0.15, -0.1) is 0 Å². The summed E-state index contributed by atoms with van der Waals surface area (Å²) >= 11 is 0. The second-order valence-corrected chi connectivity index (χ2v) is 6.07. The van der Waals surface area contributed by atoms with Crippen molar-refractivity contribution in [3.8, 4) is 0 Å². The maximum Gasteiger partial charge on any atom is 0.223 e. The lowest BCUT2D eigenvalue weighted by atomic mass is 10.2. The first-order valence-electron chi connectivity index (χ1n) is 7.96. The number of carbonyl (C=O) groups excluding carboxylic acids is 1. The summed E-state index contributed by atoms with van der Waals surface area (Å²) in [6.07, 6.45) is 4.98. The lowest BCUT2D eigenvalue weighted by Gasteiger charge is -2.25. The molecule has 1 aliphatic heterocycles. The third-order valence-electron chi connectivity index (χ3n) is 4.35. The van der Waals surface area contributed by atoms with Crippen LogP contribution in [0.1, 0.15) is 36.4 Å². The van der Waals surface area contributed by atoms with Gasteiger partial charge in [-0.25, -0.2) is 0 Å². The molecule has 0 aliphatic carbocycles. The first-order chi connectivity index (χ1) is 10.6. The lowest BCUT2D eigenvalue weighted by Crippen LogP contribution is -2.38. The highest BCUT2D eigenvalue weighted by atomic mass is 16.3. The molecular weight excluding hydrogens is 278 g/mol. The monoisotopic (exact) mass is 301 g/mol. The van der Waals surface area contributed by atoms with E-state index in [0.717, 1.165) is 43.1 Å². The van der Waals surface area contributed by atoms with Crippen LogP contribution in [-0.4, -0.2) is 33.2 Å². The minimum atomic E-state index is 0.223. The average Bonchev–Trinajstić information content (AvgIpc) is 3.20. The maximum atomic E-state index is 12.5. The van der Waals surface area contributed by atoms with Crippen LogP contribution in [0.5, 0.6) is 0 Å². The summed E-state index contributed by atoms with van der Waals surface area (Å²) in [6, 6.07) is 6.13. The fraction of sp³-hybridized carbons (Fsp3) is 0.529. The van der Waals surface area contributed by atoms with E-state index in [4.69, 9.17) is 4.42 Å². The highest BCUT2D eigenvalue weighted by Gasteiger charge is 2.29. The number of aromatic nitrogens is 2. The smallest absolute Gasteiger partial charge is 0.223 e. The topological polar surface area (TPSA) is 51.3 Å². The summed E-state index contributed by atoms with van der Waals surface area (Å²) in [5, 5.41) is 4.52. The molecule has 2 aromatic heterocycles. The molecule has 1 amide bonds. The van der Waals surface area contributed by atoms with Crippen LogP contribution in [-0.2, 0) is 17.8 Å². The van der Waals surface area contributed by atoms with Gasteiger partial charge in [-0.05, 0) is 44.9 Å². The highest BCUT2D eigenvalue weighted by molar-refractivity contribution is 5.77. The third kappa shape index (κ3) is 3.24. The second kappa shape index (κ2) is 6.38. The number of rotatable bonds is 5. The summed E-state index contributed by atoms with van der Waals surface area (Å²) in [5.41, 5.74) is 2.19. The van der Waals surface area contributed by atoms with Crippen molar-refractivity contribution in [3.05, 3.63) is 41.6 Å². The Morgan fingerprint density at radius 1 is 1.45 bits per heavy atom. The Morgan fingerprint density at radius 3 is 3.00 bits per heavy atom. The Morgan fingerprint density at radius 2 is 2.32 bits per heavy atom. The minimum absolute atomic E-state index is 0.223. The molecule has 0 aromatic carbocycles. The fourth-order valence-corrected chi connectivity index (χ4v) is 3.24. The molecule has 0 N–H and O–H groups in total. The van der Waals surface area contributed by atoms with Crippen LogP contribution in [0.4, 0.5) is 0 Å². The summed E-state index contributed by atoms with van der Waals surface area (Å²) in [5.74, 6) is 1.10. The molecule has 1 saturated heterocycles. The van der Waals surface area contributed by atoms with Gasteiger partial charge >= 0.3 is 0 Å². The molecule has 3 heterocycles. The van der Waals surface area contributed by atoms with Crippen LogP contribution < -0.4 is 0 Å². The lowest BCUT2D eigenvalue weighted by molar-refractivity contribution is -0.132. The average molecular weight is 301 g/mol. The summed E-state index contributed by atoms with van der Waals surface area (Å²) in [7, 11) is 0. The van der Waals surface area contributed by atoms with E-state index in [1.54, 1.807) is 6.26 Å². The van der Waals surface area contributed by atoms with E-state index >= 15 is 0 Å². The molecule has 2 aromatic rings. The molecule has 1 aliphatic rings. The van der Waals surface area contributed by atoms with Crippen molar-refractivity contribution in [2.75, 3.05) is 6.54 Å². The molecule has 0 radical (unpaired) electrons. The largest absolute Gasteiger partial charge is 0.469 e. The van der Waals surface area contributed by atoms with Gasteiger partial charge in [0.2, 0.25) is 5.91 Å². The highest BCUT2D eigenvalue weighted by Crippen LogP contribution is 2.21. The number of amides is 1. The normalized spacial score (nSPS) is 18.1. The standard InChI is InChI=1S/C17H23N3O2/c1-13-11-14(2)20(18-13)12-15-5-3-9-19(15)17(21)8-7-16-6-4-10-22-16/h4,6,10-11,15H,3,5,7-9,12H2,1-2H3. The number of aryl methyl sites for hydroxylation is 3. The second-order valence-electron chi connectivity index (χ2n) is 6.07. The zero-order valence-electron chi connectivity index (χ0n) is 13.3. The quantitative estimate of drug-likeness (QED) is 0.853. The molecule has 118 valence electrons. The Bertz CT molecular complexity index is 630.